The van der Waals surface area contributed by atoms with Crippen LogP contribution in [0.15, 0.2) is 29.1 Å². The van der Waals surface area contributed by atoms with Gasteiger partial charge in [0.2, 0.25) is 0 Å². The molecule has 0 unspecified atom stereocenters. The average Bonchev–Trinajstić information content (AvgIpc) is 2.35. The van der Waals surface area contributed by atoms with Crippen molar-refractivity contribution in [2.45, 2.75) is 39.0 Å². The molecular formula is C14H18N2O. The highest BCUT2D eigenvalue weighted by atomic mass is 16.1. The Morgan fingerprint density at radius 2 is 2.00 bits per heavy atom. The highest BCUT2D eigenvalue weighted by Crippen LogP contribution is 2.08. The van der Waals surface area contributed by atoms with Crippen LogP contribution in [0.1, 0.15) is 38.4 Å². The van der Waals surface area contributed by atoms with Crippen LogP contribution in [0.3, 0.4) is 0 Å². The van der Waals surface area contributed by atoms with Gasteiger partial charge in [0.25, 0.3) is 5.56 Å². The number of H-pyrrole nitrogens is 1. The van der Waals surface area contributed by atoms with E-state index < -0.39 is 0 Å². The van der Waals surface area contributed by atoms with Crippen molar-refractivity contribution in [1.29, 1.82) is 0 Å². The fourth-order valence-electron chi connectivity index (χ4n) is 1.97. The number of nitrogens with zero attached hydrogens (tertiary/aromatic N) is 1. The molecule has 2 aromatic rings. The molecule has 1 aromatic carbocycles. The van der Waals surface area contributed by atoms with E-state index in [9.17, 15) is 4.79 Å². The fraction of sp³-hybridized carbons (Fsp3) is 0.429. The molecule has 90 valence electrons. The number of para-hydroxylation sites is 1. The number of rotatable bonds is 5. The van der Waals surface area contributed by atoms with Crippen molar-refractivity contribution in [2.24, 2.45) is 0 Å². The molecule has 17 heavy (non-hydrogen) atoms. The highest BCUT2D eigenvalue weighted by Gasteiger charge is 2.02. The van der Waals surface area contributed by atoms with Crippen LogP contribution < -0.4 is 5.56 Å². The van der Waals surface area contributed by atoms with Crippen molar-refractivity contribution in [2.75, 3.05) is 0 Å². The lowest BCUT2D eigenvalue weighted by atomic mass is 10.1. The molecule has 0 amide bonds. The number of hydrogen-bond donors (Lipinski definition) is 1. The summed E-state index contributed by atoms with van der Waals surface area (Å²) in [5.74, 6) is 0.810. The first-order valence-corrected chi connectivity index (χ1v) is 6.29. The molecule has 3 nitrogen and oxygen atoms in total. The van der Waals surface area contributed by atoms with Gasteiger partial charge in [0.15, 0.2) is 0 Å². The fourth-order valence-corrected chi connectivity index (χ4v) is 1.97. The highest BCUT2D eigenvalue weighted by molar-refractivity contribution is 5.77. The lowest BCUT2D eigenvalue weighted by Crippen LogP contribution is -2.11. The molecule has 1 aromatic heterocycles. The van der Waals surface area contributed by atoms with Crippen LogP contribution in [-0.4, -0.2) is 9.97 Å². The molecule has 0 aliphatic heterocycles. The molecule has 2 rings (SSSR count). The minimum Gasteiger partial charge on any atom is -0.310 e. The molecule has 3 heteroatoms. The van der Waals surface area contributed by atoms with Crippen LogP contribution in [0.4, 0.5) is 0 Å². The Balaban J connectivity index is 2.16. The minimum absolute atomic E-state index is 0.0268. The standard InChI is InChI=1S/C14H18N2O/c1-2-3-4-5-10-13-15-12-9-7-6-8-11(12)14(17)16-13/h6-9H,2-5,10H2,1H3,(H,15,16,17). The molecular weight excluding hydrogens is 212 g/mol. The first-order chi connectivity index (χ1) is 8.31. The third-order valence-corrected chi connectivity index (χ3v) is 2.93. The number of aryl methyl sites for hydroxylation is 1. The lowest BCUT2D eigenvalue weighted by molar-refractivity contribution is 0.652. The number of unbranched alkanes of at least 4 members (excludes halogenated alkanes) is 3. The third kappa shape index (κ3) is 2.93. The number of nitrogens with one attached hydrogen (secondary N) is 1. The molecule has 0 bridgehead atoms. The van der Waals surface area contributed by atoms with Crippen molar-refractivity contribution in [3.63, 3.8) is 0 Å². The zero-order valence-corrected chi connectivity index (χ0v) is 10.2. The van der Waals surface area contributed by atoms with Crippen LogP contribution in [-0.2, 0) is 6.42 Å². The second kappa shape index (κ2) is 5.62. The van der Waals surface area contributed by atoms with Crippen molar-refractivity contribution < 1.29 is 0 Å². The zero-order valence-electron chi connectivity index (χ0n) is 10.2. The van der Waals surface area contributed by atoms with E-state index in [1.165, 1.54) is 19.3 Å². The van der Waals surface area contributed by atoms with Gasteiger partial charge < -0.3 is 4.98 Å². The molecule has 0 spiro atoms. The van der Waals surface area contributed by atoms with Crippen LogP contribution in [0.25, 0.3) is 10.9 Å². The first-order valence-electron chi connectivity index (χ1n) is 6.29. The van der Waals surface area contributed by atoms with Gasteiger partial charge >= 0.3 is 0 Å². The van der Waals surface area contributed by atoms with E-state index in [2.05, 4.69) is 16.9 Å². The number of hydrogen-bond acceptors (Lipinski definition) is 2. The predicted octanol–water partition coefficient (Wildman–Crippen LogP) is 3.05. The van der Waals surface area contributed by atoms with Crippen LogP contribution in [0.5, 0.6) is 0 Å². The molecule has 0 atom stereocenters. The average molecular weight is 230 g/mol. The summed E-state index contributed by atoms with van der Waals surface area (Å²) in [5, 5.41) is 0.671. The Morgan fingerprint density at radius 3 is 2.82 bits per heavy atom. The summed E-state index contributed by atoms with van der Waals surface area (Å²) < 4.78 is 0. The van der Waals surface area contributed by atoms with E-state index in [0.29, 0.717) is 5.39 Å². The summed E-state index contributed by atoms with van der Waals surface area (Å²) in [6.45, 7) is 2.19. The van der Waals surface area contributed by atoms with Gasteiger partial charge in [0.1, 0.15) is 5.82 Å². The Kier molecular flexibility index (Phi) is 3.91. The number of fused-ring (bicyclic) bond motifs is 1. The van der Waals surface area contributed by atoms with E-state index >= 15 is 0 Å². The summed E-state index contributed by atoms with van der Waals surface area (Å²) in [6, 6.07) is 7.47. The molecule has 0 radical (unpaired) electrons. The van der Waals surface area contributed by atoms with Gasteiger partial charge in [-0.2, -0.15) is 0 Å². The molecule has 0 saturated carbocycles. The van der Waals surface area contributed by atoms with Crippen LogP contribution >= 0.6 is 0 Å². The topological polar surface area (TPSA) is 45.8 Å². The molecule has 0 fully saturated rings. The maximum atomic E-state index is 11.8. The maximum absolute atomic E-state index is 11.8. The van der Waals surface area contributed by atoms with Gasteiger partial charge in [-0.3, -0.25) is 4.79 Å². The normalized spacial score (nSPS) is 10.9. The summed E-state index contributed by atoms with van der Waals surface area (Å²) in [7, 11) is 0. The third-order valence-electron chi connectivity index (χ3n) is 2.93. The second-order valence-corrected chi connectivity index (χ2v) is 4.34. The summed E-state index contributed by atoms with van der Waals surface area (Å²) in [4.78, 5) is 19.1. The quantitative estimate of drug-likeness (QED) is 0.802. The predicted molar refractivity (Wildman–Crippen MR) is 70.2 cm³/mol. The van der Waals surface area contributed by atoms with Crippen LogP contribution in [0.2, 0.25) is 0 Å². The van der Waals surface area contributed by atoms with Gasteiger partial charge in [-0.1, -0.05) is 38.3 Å². The summed E-state index contributed by atoms with van der Waals surface area (Å²) in [6.07, 6.45) is 5.63. The molecule has 1 N–H and O–H groups in total. The smallest absolute Gasteiger partial charge is 0.258 e. The zero-order chi connectivity index (χ0) is 12.1. The second-order valence-electron chi connectivity index (χ2n) is 4.34. The van der Waals surface area contributed by atoms with E-state index in [1.807, 2.05) is 24.3 Å². The summed E-state index contributed by atoms with van der Waals surface area (Å²) in [5.41, 5.74) is 0.767. The Bertz CT molecular complexity index is 545. The van der Waals surface area contributed by atoms with Gasteiger partial charge in [0.05, 0.1) is 10.9 Å². The van der Waals surface area contributed by atoms with Crippen molar-refractivity contribution in [3.05, 3.63) is 40.4 Å². The van der Waals surface area contributed by atoms with E-state index in [1.54, 1.807) is 0 Å². The van der Waals surface area contributed by atoms with Gasteiger partial charge in [-0.05, 0) is 18.6 Å². The molecule has 0 aliphatic carbocycles. The Labute approximate surface area is 101 Å². The maximum Gasteiger partial charge on any atom is 0.258 e. The van der Waals surface area contributed by atoms with Crippen molar-refractivity contribution in [1.82, 2.24) is 9.97 Å². The van der Waals surface area contributed by atoms with Gasteiger partial charge in [-0.15, -0.1) is 0 Å². The van der Waals surface area contributed by atoms with Gasteiger partial charge in [-0.25, -0.2) is 4.98 Å². The SMILES string of the molecule is CCCCCCc1nc2ccccc2c(=O)[nH]1. The largest absolute Gasteiger partial charge is 0.310 e. The van der Waals surface area contributed by atoms with Crippen molar-refractivity contribution in [3.8, 4) is 0 Å². The van der Waals surface area contributed by atoms with E-state index in [4.69, 9.17) is 0 Å². The molecule has 1 heterocycles. The Morgan fingerprint density at radius 1 is 1.18 bits per heavy atom. The van der Waals surface area contributed by atoms with Crippen LogP contribution in [0, 0.1) is 0 Å². The molecule has 0 aliphatic rings. The number of aromatic amines is 1. The van der Waals surface area contributed by atoms with E-state index in [0.717, 1.165) is 24.2 Å². The first kappa shape index (κ1) is 11.8. The monoisotopic (exact) mass is 230 g/mol. The molecule has 0 saturated heterocycles. The lowest BCUT2D eigenvalue weighted by Gasteiger charge is -2.02. The van der Waals surface area contributed by atoms with E-state index in [-0.39, 0.29) is 5.56 Å². The summed E-state index contributed by atoms with van der Waals surface area (Å²) >= 11 is 0. The minimum atomic E-state index is -0.0268. The number of aromatic nitrogens is 2. The number of benzene rings is 1. The van der Waals surface area contributed by atoms with Crippen molar-refractivity contribution >= 4 is 10.9 Å². The van der Waals surface area contributed by atoms with Gasteiger partial charge in [0, 0.05) is 6.42 Å². The Hall–Kier alpha value is -1.64.